The first-order valence-electron chi connectivity index (χ1n) is 10.1. The van der Waals surface area contributed by atoms with E-state index >= 15 is 0 Å². The van der Waals surface area contributed by atoms with Crippen LogP contribution in [0.4, 0.5) is 11.4 Å². The summed E-state index contributed by atoms with van der Waals surface area (Å²) in [6, 6.07) is 19.3. The van der Waals surface area contributed by atoms with Crippen molar-refractivity contribution in [1.29, 1.82) is 0 Å². The van der Waals surface area contributed by atoms with Crippen LogP contribution >= 0.6 is 11.3 Å². The molecule has 5 rings (SSSR count). The highest BCUT2D eigenvalue weighted by molar-refractivity contribution is 7.07. The number of furan rings is 1. The van der Waals surface area contributed by atoms with Gasteiger partial charge in [0.05, 0.1) is 17.1 Å². The fourth-order valence-corrected chi connectivity index (χ4v) is 4.21. The largest absolute Gasteiger partial charge is 0.482 e. The summed E-state index contributed by atoms with van der Waals surface area (Å²) in [5, 5.41) is 9.70. The molecule has 0 aliphatic carbocycles. The van der Waals surface area contributed by atoms with E-state index in [0.29, 0.717) is 22.0 Å². The Hall–Kier alpha value is -3.91. The Kier molecular flexibility index (Phi) is 5.20. The Balaban J connectivity index is 1.66. The molecule has 0 spiro atoms. The first-order valence-corrected chi connectivity index (χ1v) is 10.9. The van der Waals surface area contributed by atoms with Gasteiger partial charge in [-0.25, -0.2) is 9.67 Å². The van der Waals surface area contributed by atoms with Gasteiger partial charge in [0.2, 0.25) is 4.80 Å². The van der Waals surface area contributed by atoms with E-state index in [9.17, 15) is 4.79 Å². The lowest BCUT2D eigenvalue weighted by molar-refractivity contribution is -0.118. The minimum absolute atomic E-state index is 0.0248. The van der Waals surface area contributed by atoms with Gasteiger partial charge >= 0.3 is 0 Å². The van der Waals surface area contributed by atoms with E-state index in [0.717, 1.165) is 28.4 Å². The van der Waals surface area contributed by atoms with Gasteiger partial charge in [0.1, 0.15) is 23.0 Å². The summed E-state index contributed by atoms with van der Waals surface area (Å²) >= 11 is 1.49. The summed E-state index contributed by atoms with van der Waals surface area (Å²) in [5.41, 5.74) is 3.92. The summed E-state index contributed by atoms with van der Waals surface area (Å²) in [5.74, 6) is 2.00. The Morgan fingerprint density at radius 2 is 1.97 bits per heavy atom. The molecule has 0 unspecified atom stereocenters. The third kappa shape index (κ3) is 4.00. The van der Waals surface area contributed by atoms with Gasteiger partial charge in [0, 0.05) is 10.9 Å². The summed E-state index contributed by atoms with van der Waals surface area (Å²) < 4.78 is 13.0. The Labute approximate surface area is 188 Å². The fourth-order valence-electron chi connectivity index (χ4n) is 3.36. The topological polar surface area (TPSA) is 81.1 Å². The molecule has 160 valence electrons. The zero-order valence-corrected chi connectivity index (χ0v) is 18.3. The van der Waals surface area contributed by atoms with Crippen molar-refractivity contribution in [2.24, 2.45) is 10.1 Å². The highest BCUT2D eigenvalue weighted by Gasteiger charge is 2.18. The molecule has 0 saturated carbocycles. The van der Waals surface area contributed by atoms with Gasteiger partial charge < -0.3 is 14.5 Å². The van der Waals surface area contributed by atoms with Crippen LogP contribution < -0.4 is 14.9 Å². The lowest BCUT2D eigenvalue weighted by Gasteiger charge is -2.18. The Morgan fingerprint density at radius 3 is 2.75 bits per heavy atom. The number of benzene rings is 2. The number of thiazole rings is 1. The van der Waals surface area contributed by atoms with Crippen LogP contribution in [0.25, 0.3) is 11.3 Å². The SMILES string of the molecule is CC(=Nn1c(-c2ccc3c(c2)NC(=O)CO3)csc1=Nc1ccccc1)c1ccc(C)o1. The van der Waals surface area contributed by atoms with Crippen molar-refractivity contribution in [3.63, 3.8) is 0 Å². The van der Waals surface area contributed by atoms with Crippen LogP contribution in [0.15, 0.2) is 80.6 Å². The number of aryl methyl sites for hydroxylation is 1. The standard InChI is InChI=1S/C24H20N4O3S/c1-15-8-10-21(31-15)16(2)27-28-20(14-32-24(28)25-18-6-4-3-5-7-18)17-9-11-22-19(12-17)26-23(29)13-30-22/h3-12,14H,13H2,1-2H3,(H,26,29). The number of rotatable bonds is 4. The van der Waals surface area contributed by atoms with E-state index < -0.39 is 0 Å². The predicted octanol–water partition coefficient (Wildman–Crippen LogP) is 4.95. The molecule has 0 bridgehead atoms. The Bertz CT molecular complexity index is 1400. The number of ether oxygens (including phenoxy) is 1. The summed E-state index contributed by atoms with van der Waals surface area (Å²) in [6.07, 6.45) is 0. The lowest BCUT2D eigenvalue weighted by atomic mass is 10.1. The fraction of sp³-hybridized carbons (Fsp3) is 0.125. The van der Waals surface area contributed by atoms with Crippen LogP contribution in [0.3, 0.4) is 0 Å². The van der Waals surface area contributed by atoms with E-state index in [-0.39, 0.29) is 12.5 Å². The van der Waals surface area contributed by atoms with Crippen LogP contribution in [0.5, 0.6) is 5.75 Å². The first-order chi connectivity index (χ1) is 15.6. The molecule has 32 heavy (non-hydrogen) atoms. The number of carbonyl (C=O) groups is 1. The van der Waals surface area contributed by atoms with Crippen LogP contribution in [0.2, 0.25) is 0 Å². The highest BCUT2D eigenvalue weighted by atomic mass is 32.1. The molecule has 8 heteroatoms. The Morgan fingerprint density at radius 1 is 1.12 bits per heavy atom. The molecule has 1 aliphatic rings. The average molecular weight is 445 g/mol. The molecule has 3 heterocycles. The maximum Gasteiger partial charge on any atom is 0.262 e. The summed E-state index contributed by atoms with van der Waals surface area (Å²) in [4.78, 5) is 17.3. The van der Waals surface area contributed by atoms with Gasteiger partial charge in [-0.2, -0.15) is 5.10 Å². The molecule has 0 saturated heterocycles. The molecule has 1 amide bonds. The number of amides is 1. The van der Waals surface area contributed by atoms with E-state index in [1.807, 2.05) is 79.9 Å². The molecule has 0 fully saturated rings. The van der Waals surface area contributed by atoms with Gasteiger partial charge in [0.25, 0.3) is 5.91 Å². The van der Waals surface area contributed by atoms with Gasteiger partial charge in [-0.15, -0.1) is 11.3 Å². The molecule has 7 nitrogen and oxygen atoms in total. The van der Waals surface area contributed by atoms with E-state index in [1.165, 1.54) is 11.3 Å². The number of nitrogens with zero attached hydrogens (tertiary/aromatic N) is 3. The third-order valence-corrected chi connectivity index (χ3v) is 5.74. The highest BCUT2D eigenvalue weighted by Crippen LogP contribution is 2.33. The van der Waals surface area contributed by atoms with Crippen molar-refractivity contribution in [2.75, 3.05) is 11.9 Å². The van der Waals surface area contributed by atoms with Gasteiger partial charge in [-0.3, -0.25) is 4.79 Å². The van der Waals surface area contributed by atoms with Crippen LogP contribution in [0, 0.1) is 6.92 Å². The van der Waals surface area contributed by atoms with Crippen molar-refractivity contribution in [2.45, 2.75) is 13.8 Å². The summed E-state index contributed by atoms with van der Waals surface area (Å²) in [7, 11) is 0. The maximum atomic E-state index is 11.8. The van der Waals surface area contributed by atoms with Crippen molar-refractivity contribution in [1.82, 2.24) is 4.68 Å². The molecule has 0 radical (unpaired) electrons. The number of nitrogens with one attached hydrogen (secondary N) is 1. The molecule has 1 N–H and O–H groups in total. The second-order valence-electron chi connectivity index (χ2n) is 7.31. The molecule has 1 aliphatic heterocycles. The predicted molar refractivity (Wildman–Crippen MR) is 125 cm³/mol. The summed E-state index contributed by atoms with van der Waals surface area (Å²) in [6.45, 7) is 3.83. The second kappa shape index (κ2) is 8.32. The average Bonchev–Trinajstić information content (AvgIpc) is 3.40. The van der Waals surface area contributed by atoms with Crippen molar-refractivity contribution >= 4 is 34.3 Å². The van der Waals surface area contributed by atoms with E-state index in [2.05, 4.69) is 5.32 Å². The van der Waals surface area contributed by atoms with Crippen molar-refractivity contribution < 1.29 is 13.9 Å². The molecular formula is C24H20N4O3S. The zero-order valence-electron chi connectivity index (χ0n) is 17.5. The lowest BCUT2D eigenvalue weighted by Crippen LogP contribution is -2.25. The van der Waals surface area contributed by atoms with Crippen molar-refractivity contribution in [3.05, 3.63) is 82.4 Å². The second-order valence-corrected chi connectivity index (χ2v) is 8.14. The number of hydrogen-bond acceptors (Lipinski definition) is 6. The molecule has 4 aromatic rings. The maximum absolute atomic E-state index is 11.8. The van der Waals surface area contributed by atoms with Crippen LogP contribution in [-0.2, 0) is 4.79 Å². The normalized spacial score (nSPS) is 14.1. The number of aromatic nitrogens is 1. The quantitative estimate of drug-likeness (QED) is 0.452. The van der Waals surface area contributed by atoms with Crippen LogP contribution in [-0.4, -0.2) is 22.9 Å². The zero-order chi connectivity index (χ0) is 22.1. The number of carbonyl (C=O) groups excluding carboxylic acids is 1. The monoisotopic (exact) mass is 444 g/mol. The van der Waals surface area contributed by atoms with E-state index in [4.69, 9.17) is 19.2 Å². The minimum atomic E-state index is -0.172. The molecule has 2 aromatic heterocycles. The van der Waals surface area contributed by atoms with Gasteiger partial charge in [-0.05, 0) is 56.3 Å². The number of para-hydroxylation sites is 1. The minimum Gasteiger partial charge on any atom is -0.482 e. The number of fused-ring (bicyclic) bond motifs is 1. The molecule has 2 aromatic carbocycles. The van der Waals surface area contributed by atoms with Crippen LogP contribution in [0.1, 0.15) is 18.4 Å². The smallest absolute Gasteiger partial charge is 0.262 e. The van der Waals surface area contributed by atoms with Crippen molar-refractivity contribution in [3.8, 4) is 17.0 Å². The van der Waals surface area contributed by atoms with Gasteiger partial charge in [0.15, 0.2) is 6.61 Å². The third-order valence-electron chi connectivity index (χ3n) is 4.92. The molecular weight excluding hydrogens is 424 g/mol. The number of hydrogen-bond donors (Lipinski definition) is 1. The number of anilines is 1. The first kappa shape index (κ1) is 20.0. The van der Waals surface area contributed by atoms with Gasteiger partial charge in [-0.1, -0.05) is 18.2 Å². The molecule has 0 atom stereocenters. The van der Waals surface area contributed by atoms with E-state index in [1.54, 1.807) is 4.68 Å².